The second-order valence-electron chi connectivity index (χ2n) is 9.53. The summed E-state index contributed by atoms with van der Waals surface area (Å²) in [4.78, 5) is 22.4. The predicted molar refractivity (Wildman–Crippen MR) is 138 cm³/mol. The molecule has 11 heteroatoms. The van der Waals surface area contributed by atoms with Crippen molar-refractivity contribution in [3.8, 4) is 11.3 Å². The van der Waals surface area contributed by atoms with Crippen LogP contribution < -0.4 is 10.6 Å². The first kappa shape index (κ1) is 23.8. The number of anilines is 1. The second kappa shape index (κ2) is 9.73. The SMILES string of the molecule is CNc1cc(-c2cn([C@H]3CCOC[C@@H]3OC)c3ncccc23)nn2c(C(=O)N[C@@H]3CC[C@H]3OC)cnc12. The molecule has 0 radical (unpaired) electrons. The summed E-state index contributed by atoms with van der Waals surface area (Å²) in [7, 11) is 5.22. The van der Waals surface area contributed by atoms with Crippen LogP contribution in [0.25, 0.3) is 27.9 Å². The Morgan fingerprint density at radius 3 is 2.76 bits per heavy atom. The normalized spacial score (nSPS) is 23.8. The zero-order chi connectivity index (χ0) is 25.5. The predicted octanol–water partition coefficient (Wildman–Crippen LogP) is 2.67. The number of methoxy groups -OCH3 is 2. The maximum absolute atomic E-state index is 13.2. The molecule has 1 amide bonds. The van der Waals surface area contributed by atoms with Gasteiger partial charge in [0, 0.05) is 51.2 Å². The summed E-state index contributed by atoms with van der Waals surface area (Å²) >= 11 is 0. The molecule has 4 aromatic heterocycles. The highest BCUT2D eigenvalue weighted by molar-refractivity contribution is 5.96. The average molecular weight is 506 g/mol. The Morgan fingerprint density at radius 1 is 1.14 bits per heavy atom. The van der Waals surface area contributed by atoms with Crippen molar-refractivity contribution in [2.24, 2.45) is 0 Å². The lowest BCUT2D eigenvalue weighted by molar-refractivity contribution is -0.0592. The van der Waals surface area contributed by atoms with Crippen LogP contribution in [0.2, 0.25) is 0 Å². The molecule has 4 aromatic rings. The van der Waals surface area contributed by atoms with Crippen molar-refractivity contribution in [3.63, 3.8) is 0 Å². The van der Waals surface area contributed by atoms with Gasteiger partial charge in [0.1, 0.15) is 11.8 Å². The van der Waals surface area contributed by atoms with Crippen molar-refractivity contribution in [1.29, 1.82) is 0 Å². The van der Waals surface area contributed by atoms with Gasteiger partial charge in [0.25, 0.3) is 5.91 Å². The van der Waals surface area contributed by atoms with Gasteiger partial charge in [-0.1, -0.05) is 0 Å². The fourth-order valence-corrected chi connectivity index (χ4v) is 5.38. The van der Waals surface area contributed by atoms with Gasteiger partial charge in [-0.05, 0) is 37.5 Å². The van der Waals surface area contributed by atoms with E-state index in [4.69, 9.17) is 24.3 Å². The zero-order valence-corrected chi connectivity index (χ0v) is 21.2. The van der Waals surface area contributed by atoms with Crippen molar-refractivity contribution < 1.29 is 19.0 Å². The van der Waals surface area contributed by atoms with E-state index >= 15 is 0 Å². The van der Waals surface area contributed by atoms with Crippen LogP contribution in [0.15, 0.2) is 36.8 Å². The lowest BCUT2D eigenvalue weighted by atomic mass is 9.89. The van der Waals surface area contributed by atoms with E-state index in [0.717, 1.165) is 41.5 Å². The van der Waals surface area contributed by atoms with Crippen LogP contribution in [0.3, 0.4) is 0 Å². The molecule has 194 valence electrons. The maximum atomic E-state index is 13.2. The van der Waals surface area contributed by atoms with Crippen LogP contribution in [0.1, 0.15) is 35.8 Å². The van der Waals surface area contributed by atoms with E-state index < -0.39 is 0 Å². The molecular weight excluding hydrogens is 474 g/mol. The number of carbonyl (C=O) groups excluding carboxylic acids is 1. The smallest absolute Gasteiger partial charge is 0.271 e. The summed E-state index contributed by atoms with van der Waals surface area (Å²) in [6.07, 6.45) is 8.07. The summed E-state index contributed by atoms with van der Waals surface area (Å²) < 4.78 is 20.6. The highest BCUT2D eigenvalue weighted by atomic mass is 16.5. The van der Waals surface area contributed by atoms with Gasteiger partial charge in [0.2, 0.25) is 0 Å². The van der Waals surface area contributed by atoms with Crippen LogP contribution in [0.4, 0.5) is 5.69 Å². The minimum Gasteiger partial charge on any atom is -0.385 e. The standard InChI is InChI=1S/C26H31N7O4/c1-27-19-11-18(31-33-21(12-29-25(19)33)26(34)30-17-6-7-22(17)35-2)16-13-32(24-15(16)5-4-9-28-24)20-8-10-37-14-23(20)36-3/h4-5,9,11-13,17,20,22-23,27H,6-8,10,14H2,1-3H3,(H,30,34)/t17-,20+,22-,23+/m1/s1. The minimum atomic E-state index is -0.222. The minimum absolute atomic E-state index is 0.00717. The molecule has 4 atom stereocenters. The van der Waals surface area contributed by atoms with Crippen LogP contribution in [0.5, 0.6) is 0 Å². The summed E-state index contributed by atoms with van der Waals surface area (Å²) in [6.45, 7) is 1.20. The fourth-order valence-electron chi connectivity index (χ4n) is 5.38. The number of fused-ring (bicyclic) bond motifs is 2. The molecule has 5 heterocycles. The van der Waals surface area contributed by atoms with E-state index in [9.17, 15) is 4.79 Å². The Balaban J connectivity index is 1.45. The summed E-state index contributed by atoms with van der Waals surface area (Å²) in [5.41, 5.74) is 4.22. The molecule has 1 saturated carbocycles. The molecule has 11 nitrogen and oxygen atoms in total. The molecule has 0 aromatic carbocycles. The molecule has 1 aliphatic carbocycles. The van der Waals surface area contributed by atoms with Crippen LogP contribution in [0, 0.1) is 0 Å². The van der Waals surface area contributed by atoms with E-state index in [-0.39, 0.29) is 30.2 Å². The Hall–Kier alpha value is -3.54. The van der Waals surface area contributed by atoms with Crippen molar-refractivity contribution in [2.45, 2.75) is 43.6 Å². The summed E-state index contributed by atoms with van der Waals surface area (Å²) in [5.74, 6) is -0.222. The Labute approximate surface area is 214 Å². The zero-order valence-electron chi connectivity index (χ0n) is 21.2. The van der Waals surface area contributed by atoms with E-state index in [1.54, 1.807) is 31.1 Å². The third kappa shape index (κ3) is 4.03. The molecule has 0 bridgehead atoms. The van der Waals surface area contributed by atoms with Crippen molar-refractivity contribution >= 4 is 28.3 Å². The Morgan fingerprint density at radius 2 is 2.00 bits per heavy atom. The van der Waals surface area contributed by atoms with E-state index in [1.807, 2.05) is 25.2 Å². The number of rotatable bonds is 7. The number of nitrogens with one attached hydrogen (secondary N) is 2. The Kier molecular flexibility index (Phi) is 6.27. The van der Waals surface area contributed by atoms with Crippen molar-refractivity contribution in [1.82, 2.24) is 29.5 Å². The largest absolute Gasteiger partial charge is 0.385 e. The van der Waals surface area contributed by atoms with Crippen molar-refractivity contribution in [2.75, 3.05) is 39.8 Å². The third-order valence-corrected chi connectivity index (χ3v) is 7.59. The summed E-state index contributed by atoms with van der Waals surface area (Å²) in [6, 6.07) is 6.01. The van der Waals surface area contributed by atoms with Gasteiger partial charge in [-0.25, -0.2) is 14.5 Å². The van der Waals surface area contributed by atoms with Gasteiger partial charge >= 0.3 is 0 Å². The lowest BCUT2D eigenvalue weighted by Gasteiger charge is -2.35. The number of amides is 1. The van der Waals surface area contributed by atoms with E-state index in [1.165, 1.54) is 0 Å². The number of aromatic nitrogens is 5. The quantitative estimate of drug-likeness (QED) is 0.394. The maximum Gasteiger partial charge on any atom is 0.271 e. The monoisotopic (exact) mass is 505 g/mol. The molecule has 2 fully saturated rings. The van der Waals surface area contributed by atoms with Gasteiger partial charge in [0.15, 0.2) is 11.3 Å². The van der Waals surface area contributed by atoms with Crippen LogP contribution >= 0.6 is 0 Å². The first-order valence-electron chi connectivity index (χ1n) is 12.6. The number of ether oxygens (including phenoxy) is 3. The van der Waals surface area contributed by atoms with Gasteiger partial charge in [-0.15, -0.1) is 0 Å². The number of hydrogen-bond donors (Lipinski definition) is 2. The molecule has 1 aliphatic heterocycles. The number of nitrogens with zero attached hydrogens (tertiary/aromatic N) is 5. The Bertz CT molecular complexity index is 1450. The number of hydrogen-bond acceptors (Lipinski definition) is 8. The summed E-state index contributed by atoms with van der Waals surface area (Å²) in [5, 5.41) is 12.2. The fraction of sp³-hybridized carbons (Fsp3) is 0.462. The number of imidazole rings is 1. The molecule has 0 unspecified atom stereocenters. The molecule has 2 aliphatic rings. The number of carbonyl (C=O) groups is 1. The van der Waals surface area contributed by atoms with E-state index in [0.29, 0.717) is 30.2 Å². The molecule has 0 spiro atoms. The van der Waals surface area contributed by atoms with Gasteiger partial charge in [-0.3, -0.25) is 4.79 Å². The first-order chi connectivity index (χ1) is 18.1. The molecule has 6 rings (SSSR count). The lowest BCUT2D eigenvalue weighted by Crippen LogP contribution is -2.51. The van der Waals surface area contributed by atoms with Gasteiger partial charge in [0.05, 0.1) is 42.4 Å². The van der Waals surface area contributed by atoms with E-state index in [2.05, 4.69) is 26.4 Å². The highest BCUT2D eigenvalue weighted by Crippen LogP contribution is 2.35. The van der Waals surface area contributed by atoms with Crippen LogP contribution in [-0.4, -0.2) is 82.8 Å². The van der Waals surface area contributed by atoms with Crippen LogP contribution in [-0.2, 0) is 14.2 Å². The molecule has 1 saturated heterocycles. The van der Waals surface area contributed by atoms with Crippen molar-refractivity contribution in [3.05, 3.63) is 42.5 Å². The third-order valence-electron chi connectivity index (χ3n) is 7.59. The van der Waals surface area contributed by atoms with Gasteiger partial charge in [-0.2, -0.15) is 5.10 Å². The first-order valence-corrected chi connectivity index (χ1v) is 12.6. The topological polar surface area (TPSA) is 117 Å². The van der Waals surface area contributed by atoms with Gasteiger partial charge < -0.3 is 29.4 Å². The molecular formula is C26H31N7O4. The average Bonchev–Trinajstić information content (AvgIpc) is 3.53. The molecule has 37 heavy (non-hydrogen) atoms. The molecule has 2 N–H and O–H groups in total. The number of pyridine rings is 1. The second-order valence-corrected chi connectivity index (χ2v) is 9.53. The highest BCUT2D eigenvalue weighted by Gasteiger charge is 2.33.